The highest BCUT2D eigenvalue weighted by Crippen LogP contribution is 2.45. The molecule has 0 aliphatic heterocycles. The molecule has 0 fully saturated rings. The Balaban J connectivity index is 2.41. The van der Waals surface area contributed by atoms with Gasteiger partial charge in [-0.1, -0.05) is 0 Å². The molecule has 7 nitrogen and oxygen atoms in total. The lowest BCUT2D eigenvalue weighted by molar-refractivity contribution is 0.0975. The summed E-state index contributed by atoms with van der Waals surface area (Å²) in [5.41, 5.74) is 1.14. The molecule has 152 valence electrons. The molecule has 0 unspecified atom stereocenters. The van der Waals surface area contributed by atoms with Crippen LogP contribution in [-0.4, -0.2) is 48.4 Å². The second-order valence-corrected chi connectivity index (χ2v) is 5.82. The number of rotatable bonds is 10. The average molecular weight is 390 g/mol. The van der Waals surface area contributed by atoms with Crippen molar-refractivity contribution in [2.45, 2.75) is 12.8 Å². The van der Waals surface area contributed by atoms with Crippen LogP contribution < -0.4 is 28.4 Å². The van der Waals surface area contributed by atoms with Crippen LogP contribution in [0.2, 0.25) is 0 Å². The van der Waals surface area contributed by atoms with E-state index in [2.05, 4.69) is 0 Å². The van der Waals surface area contributed by atoms with Gasteiger partial charge in [0.15, 0.2) is 28.8 Å². The lowest BCUT2D eigenvalue weighted by Gasteiger charge is -2.18. The van der Waals surface area contributed by atoms with Crippen molar-refractivity contribution in [3.8, 4) is 34.5 Å². The Labute approximate surface area is 165 Å². The van der Waals surface area contributed by atoms with Gasteiger partial charge in [-0.3, -0.25) is 4.79 Å². The van der Waals surface area contributed by atoms with Crippen LogP contribution in [0, 0.1) is 0 Å². The molecule has 7 heteroatoms. The Morgan fingerprint density at radius 3 is 1.75 bits per heavy atom. The molecule has 0 N–H and O–H groups in total. The summed E-state index contributed by atoms with van der Waals surface area (Å²) in [7, 11) is 9.14. The maximum absolute atomic E-state index is 13.1. The van der Waals surface area contributed by atoms with Crippen LogP contribution in [0.4, 0.5) is 0 Å². The highest BCUT2D eigenvalue weighted by Gasteiger charge is 2.26. The molecule has 0 aliphatic rings. The van der Waals surface area contributed by atoms with E-state index in [-0.39, 0.29) is 17.8 Å². The van der Waals surface area contributed by atoms with Gasteiger partial charge in [0.1, 0.15) is 17.1 Å². The zero-order valence-electron chi connectivity index (χ0n) is 17.1. The number of carbonyl (C=O) groups is 1. The van der Waals surface area contributed by atoms with Crippen molar-refractivity contribution in [2.75, 3.05) is 42.7 Å². The van der Waals surface area contributed by atoms with E-state index in [1.807, 2.05) is 18.2 Å². The SMILES string of the molecule is COc1ccc(OC)c(CCC(=O)c2c(OC)c(OC)cc(OC)c2OC)c1. The molecule has 0 aromatic heterocycles. The number of carbonyl (C=O) groups excluding carboxylic acids is 1. The summed E-state index contributed by atoms with van der Waals surface area (Å²) in [6.45, 7) is 0. The molecular formula is C21H26O7. The summed E-state index contributed by atoms with van der Waals surface area (Å²) < 4.78 is 32.2. The van der Waals surface area contributed by atoms with Crippen molar-refractivity contribution in [1.82, 2.24) is 0 Å². The van der Waals surface area contributed by atoms with Crippen LogP contribution in [0.3, 0.4) is 0 Å². The number of ketones is 1. The van der Waals surface area contributed by atoms with Crippen molar-refractivity contribution in [3.05, 3.63) is 35.4 Å². The monoisotopic (exact) mass is 390 g/mol. The molecule has 0 atom stereocenters. The maximum atomic E-state index is 13.1. The molecule has 28 heavy (non-hydrogen) atoms. The van der Waals surface area contributed by atoms with Gasteiger partial charge in [-0.15, -0.1) is 0 Å². The Bertz CT molecular complexity index is 800. The Morgan fingerprint density at radius 1 is 0.714 bits per heavy atom. The second kappa shape index (κ2) is 9.73. The van der Waals surface area contributed by atoms with E-state index in [1.165, 1.54) is 28.4 Å². The van der Waals surface area contributed by atoms with E-state index in [0.717, 1.165) is 5.56 Å². The topological polar surface area (TPSA) is 72.5 Å². The quantitative estimate of drug-likeness (QED) is 0.575. The van der Waals surface area contributed by atoms with Crippen LogP contribution in [0.1, 0.15) is 22.3 Å². The molecule has 0 bridgehead atoms. The fraction of sp³-hybridized carbons (Fsp3) is 0.381. The van der Waals surface area contributed by atoms with Crippen molar-refractivity contribution < 1.29 is 33.2 Å². The van der Waals surface area contributed by atoms with E-state index < -0.39 is 0 Å². The van der Waals surface area contributed by atoms with Gasteiger partial charge in [-0.25, -0.2) is 0 Å². The molecule has 0 saturated heterocycles. The van der Waals surface area contributed by atoms with Gasteiger partial charge in [0, 0.05) is 12.5 Å². The Morgan fingerprint density at radius 2 is 1.29 bits per heavy atom. The number of hydrogen-bond acceptors (Lipinski definition) is 7. The minimum atomic E-state index is -0.171. The molecule has 2 aromatic rings. The van der Waals surface area contributed by atoms with E-state index in [9.17, 15) is 4.79 Å². The molecule has 0 radical (unpaired) electrons. The van der Waals surface area contributed by atoms with E-state index in [0.29, 0.717) is 40.9 Å². The summed E-state index contributed by atoms with van der Waals surface area (Å²) in [4.78, 5) is 13.1. The zero-order chi connectivity index (χ0) is 20.7. The average Bonchev–Trinajstić information content (AvgIpc) is 2.75. The first kappa shape index (κ1) is 21.2. The molecule has 0 amide bonds. The van der Waals surface area contributed by atoms with E-state index >= 15 is 0 Å². The summed E-state index contributed by atoms with van der Waals surface area (Å²) in [5, 5.41) is 0. The first-order chi connectivity index (χ1) is 13.5. The number of methoxy groups -OCH3 is 6. The van der Waals surface area contributed by atoms with E-state index in [4.69, 9.17) is 28.4 Å². The number of aryl methyl sites for hydroxylation is 1. The highest BCUT2D eigenvalue weighted by molar-refractivity contribution is 6.03. The first-order valence-electron chi connectivity index (χ1n) is 8.65. The van der Waals surface area contributed by atoms with E-state index in [1.54, 1.807) is 20.3 Å². The van der Waals surface area contributed by atoms with Gasteiger partial charge < -0.3 is 28.4 Å². The Hall–Kier alpha value is -3.09. The summed E-state index contributed by atoms with van der Waals surface area (Å²) in [5.74, 6) is 2.61. The molecule has 2 rings (SSSR count). The van der Waals surface area contributed by atoms with Gasteiger partial charge in [-0.2, -0.15) is 0 Å². The van der Waals surface area contributed by atoms with Gasteiger partial charge in [0.2, 0.25) is 0 Å². The third-order valence-electron chi connectivity index (χ3n) is 4.40. The minimum Gasteiger partial charge on any atom is -0.497 e. The molecule has 0 heterocycles. The van der Waals surface area contributed by atoms with Gasteiger partial charge in [0.25, 0.3) is 0 Å². The molecular weight excluding hydrogens is 364 g/mol. The van der Waals surface area contributed by atoms with Crippen LogP contribution in [0.25, 0.3) is 0 Å². The fourth-order valence-corrected chi connectivity index (χ4v) is 3.01. The molecule has 2 aromatic carbocycles. The van der Waals surface area contributed by atoms with Crippen molar-refractivity contribution in [1.29, 1.82) is 0 Å². The van der Waals surface area contributed by atoms with Crippen molar-refractivity contribution >= 4 is 5.78 Å². The minimum absolute atomic E-state index is 0.171. The predicted molar refractivity (Wildman–Crippen MR) is 105 cm³/mol. The van der Waals surface area contributed by atoms with Crippen molar-refractivity contribution in [2.24, 2.45) is 0 Å². The van der Waals surface area contributed by atoms with Gasteiger partial charge >= 0.3 is 0 Å². The normalized spacial score (nSPS) is 10.2. The number of benzene rings is 2. The third kappa shape index (κ3) is 4.24. The van der Waals surface area contributed by atoms with Crippen LogP contribution in [-0.2, 0) is 6.42 Å². The standard InChI is InChI=1S/C21H26O7/c1-23-14-8-10-16(24-2)13(11-14)7-9-15(22)19-20(27-5)17(25-3)12-18(26-4)21(19)28-6/h8,10-12H,7,9H2,1-6H3. The number of Topliss-reactive ketones (excluding diaryl/α,β-unsaturated/α-hetero) is 1. The van der Waals surface area contributed by atoms with Gasteiger partial charge in [-0.05, 0) is 30.2 Å². The fourth-order valence-electron chi connectivity index (χ4n) is 3.01. The second-order valence-electron chi connectivity index (χ2n) is 5.82. The largest absolute Gasteiger partial charge is 0.497 e. The molecule has 0 aliphatic carbocycles. The lowest BCUT2D eigenvalue weighted by atomic mass is 9.99. The number of hydrogen-bond donors (Lipinski definition) is 0. The highest BCUT2D eigenvalue weighted by atomic mass is 16.5. The van der Waals surface area contributed by atoms with Gasteiger partial charge in [0.05, 0.1) is 42.7 Å². The maximum Gasteiger partial charge on any atom is 0.175 e. The molecule has 0 spiro atoms. The summed E-state index contributed by atoms with van der Waals surface area (Å²) in [6.07, 6.45) is 0.650. The number of ether oxygens (including phenoxy) is 6. The summed E-state index contributed by atoms with van der Waals surface area (Å²) >= 11 is 0. The lowest BCUT2D eigenvalue weighted by Crippen LogP contribution is -2.09. The predicted octanol–water partition coefficient (Wildman–Crippen LogP) is 3.55. The summed E-state index contributed by atoms with van der Waals surface area (Å²) in [6, 6.07) is 7.10. The zero-order valence-corrected chi connectivity index (χ0v) is 17.1. The molecule has 0 saturated carbocycles. The Kier molecular flexibility index (Phi) is 7.37. The van der Waals surface area contributed by atoms with Crippen molar-refractivity contribution in [3.63, 3.8) is 0 Å². The first-order valence-corrected chi connectivity index (χ1v) is 8.65. The van der Waals surface area contributed by atoms with Crippen LogP contribution in [0.15, 0.2) is 24.3 Å². The van der Waals surface area contributed by atoms with Crippen LogP contribution in [0.5, 0.6) is 34.5 Å². The van der Waals surface area contributed by atoms with Crippen LogP contribution >= 0.6 is 0 Å². The third-order valence-corrected chi connectivity index (χ3v) is 4.40. The smallest absolute Gasteiger partial charge is 0.175 e.